The minimum Gasteiger partial charge on any atom is -0.489 e. The van der Waals surface area contributed by atoms with Crippen molar-refractivity contribution in [3.8, 4) is 5.75 Å². The first-order valence-corrected chi connectivity index (χ1v) is 6.73. The number of hydrogen-bond donors (Lipinski definition) is 2. The molecule has 0 unspecified atom stereocenters. The van der Waals surface area contributed by atoms with Gasteiger partial charge in [0, 0.05) is 5.56 Å². The summed E-state index contributed by atoms with van der Waals surface area (Å²) < 4.78 is 5.81. The van der Waals surface area contributed by atoms with Gasteiger partial charge in [-0.15, -0.1) is 0 Å². The second-order valence-corrected chi connectivity index (χ2v) is 5.05. The fourth-order valence-electron chi connectivity index (χ4n) is 1.81. The third-order valence-corrected chi connectivity index (χ3v) is 3.31. The van der Waals surface area contributed by atoms with Crippen LogP contribution in [0.2, 0.25) is 0 Å². The molecule has 0 aliphatic rings. The van der Waals surface area contributed by atoms with Gasteiger partial charge in [0.1, 0.15) is 17.3 Å². The van der Waals surface area contributed by atoms with Crippen LogP contribution in [0.15, 0.2) is 42.5 Å². The molecular formula is C16H17NO2S. The van der Waals surface area contributed by atoms with Gasteiger partial charge in [0.2, 0.25) is 0 Å². The topological polar surface area (TPSA) is 55.5 Å². The third-order valence-electron chi connectivity index (χ3n) is 3.07. The van der Waals surface area contributed by atoms with Gasteiger partial charge < -0.3 is 15.6 Å². The predicted octanol–water partition coefficient (Wildman–Crippen LogP) is 2.70. The summed E-state index contributed by atoms with van der Waals surface area (Å²) in [6.07, 6.45) is 0. The van der Waals surface area contributed by atoms with Gasteiger partial charge in [-0.1, -0.05) is 48.6 Å². The molecule has 0 heterocycles. The van der Waals surface area contributed by atoms with Crippen molar-refractivity contribution in [3.05, 3.63) is 64.7 Å². The average molecular weight is 287 g/mol. The van der Waals surface area contributed by atoms with Crippen molar-refractivity contribution < 1.29 is 9.84 Å². The quantitative estimate of drug-likeness (QED) is 0.830. The molecule has 20 heavy (non-hydrogen) atoms. The molecule has 0 aromatic heterocycles. The van der Waals surface area contributed by atoms with E-state index in [1.54, 1.807) is 0 Å². The van der Waals surface area contributed by atoms with Crippen LogP contribution in [-0.2, 0) is 13.2 Å². The summed E-state index contributed by atoms with van der Waals surface area (Å²) in [6, 6.07) is 13.4. The highest BCUT2D eigenvalue weighted by atomic mass is 32.1. The van der Waals surface area contributed by atoms with E-state index in [0.717, 1.165) is 28.0 Å². The molecule has 3 nitrogen and oxygen atoms in total. The Hall–Kier alpha value is -1.91. The second-order valence-electron chi connectivity index (χ2n) is 4.61. The fourth-order valence-corrected chi connectivity index (χ4v) is 1.94. The van der Waals surface area contributed by atoms with E-state index in [2.05, 4.69) is 0 Å². The lowest BCUT2D eigenvalue weighted by molar-refractivity contribution is 0.281. The number of aliphatic hydroxyl groups excluding tert-OH is 1. The van der Waals surface area contributed by atoms with Crippen molar-refractivity contribution in [2.45, 2.75) is 20.1 Å². The molecule has 2 rings (SSSR count). The van der Waals surface area contributed by atoms with Crippen LogP contribution < -0.4 is 10.5 Å². The molecule has 0 aliphatic carbocycles. The summed E-state index contributed by atoms with van der Waals surface area (Å²) in [5.41, 5.74) is 9.40. The summed E-state index contributed by atoms with van der Waals surface area (Å²) in [5, 5.41) is 9.00. The van der Waals surface area contributed by atoms with Crippen LogP contribution in [0.5, 0.6) is 5.75 Å². The first-order valence-electron chi connectivity index (χ1n) is 6.32. The van der Waals surface area contributed by atoms with Crippen LogP contribution in [-0.4, -0.2) is 10.1 Å². The Balaban J connectivity index is 2.09. The maximum atomic E-state index is 9.00. The summed E-state index contributed by atoms with van der Waals surface area (Å²) in [6.45, 7) is 2.50. The largest absolute Gasteiger partial charge is 0.489 e. The van der Waals surface area contributed by atoms with E-state index in [9.17, 15) is 0 Å². The van der Waals surface area contributed by atoms with Gasteiger partial charge in [-0.25, -0.2) is 0 Å². The summed E-state index contributed by atoms with van der Waals surface area (Å²) in [7, 11) is 0. The van der Waals surface area contributed by atoms with Gasteiger partial charge in [0.25, 0.3) is 0 Å². The number of aliphatic hydroxyl groups is 1. The molecule has 0 aliphatic heterocycles. The van der Waals surface area contributed by atoms with Gasteiger partial charge >= 0.3 is 0 Å². The molecule has 0 radical (unpaired) electrons. The van der Waals surface area contributed by atoms with Crippen molar-refractivity contribution >= 4 is 17.2 Å². The third kappa shape index (κ3) is 3.56. The maximum Gasteiger partial charge on any atom is 0.123 e. The van der Waals surface area contributed by atoms with Crippen LogP contribution in [0.4, 0.5) is 0 Å². The molecule has 0 fully saturated rings. The van der Waals surface area contributed by atoms with Crippen molar-refractivity contribution in [3.63, 3.8) is 0 Å². The van der Waals surface area contributed by atoms with Gasteiger partial charge in [-0.05, 0) is 29.7 Å². The normalized spacial score (nSPS) is 10.3. The number of nitrogens with two attached hydrogens (primary N) is 1. The van der Waals surface area contributed by atoms with Crippen LogP contribution in [0.25, 0.3) is 0 Å². The molecule has 0 bridgehead atoms. The molecule has 0 saturated heterocycles. The summed E-state index contributed by atoms with van der Waals surface area (Å²) in [4.78, 5) is 0.363. The molecule has 0 amide bonds. The molecule has 0 spiro atoms. The molecule has 104 valence electrons. The lowest BCUT2D eigenvalue weighted by Crippen LogP contribution is -2.09. The minimum atomic E-state index is 0.0518. The number of aryl methyl sites for hydroxylation is 1. The Labute approximate surface area is 124 Å². The molecule has 2 aromatic rings. The van der Waals surface area contributed by atoms with Crippen LogP contribution in [0.3, 0.4) is 0 Å². The van der Waals surface area contributed by atoms with Gasteiger partial charge in [0.05, 0.1) is 6.61 Å². The molecule has 0 atom stereocenters. The highest BCUT2D eigenvalue weighted by molar-refractivity contribution is 7.80. The zero-order valence-electron chi connectivity index (χ0n) is 11.3. The highest BCUT2D eigenvalue weighted by Gasteiger charge is 2.04. The predicted molar refractivity (Wildman–Crippen MR) is 83.8 cm³/mol. The Kier molecular flexibility index (Phi) is 4.71. The van der Waals surface area contributed by atoms with Gasteiger partial charge in [-0.2, -0.15) is 0 Å². The fraction of sp³-hybridized carbons (Fsp3) is 0.188. The Bertz CT molecular complexity index is 608. The summed E-state index contributed by atoms with van der Waals surface area (Å²) >= 11 is 4.97. The van der Waals surface area contributed by atoms with Crippen LogP contribution in [0.1, 0.15) is 22.3 Å². The Morgan fingerprint density at radius 3 is 2.40 bits per heavy atom. The molecular weight excluding hydrogens is 270 g/mol. The van der Waals surface area contributed by atoms with Crippen LogP contribution >= 0.6 is 12.2 Å². The highest BCUT2D eigenvalue weighted by Crippen LogP contribution is 2.21. The number of rotatable bonds is 5. The first-order chi connectivity index (χ1) is 9.60. The number of benzene rings is 2. The maximum absolute atomic E-state index is 9.00. The van der Waals surface area contributed by atoms with E-state index < -0.39 is 0 Å². The Morgan fingerprint density at radius 1 is 1.15 bits per heavy atom. The lowest BCUT2D eigenvalue weighted by atomic mass is 10.1. The van der Waals surface area contributed by atoms with Crippen LogP contribution in [0, 0.1) is 6.92 Å². The zero-order chi connectivity index (χ0) is 14.5. The smallest absolute Gasteiger partial charge is 0.123 e. The SMILES string of the molecule is Cc1ccc(C(N)=S)cc1OCc1ccc(CO)cc1. The standard InChI is InChI=1S/C16H17NO2S/c1-11-2-7-14(16(17)20)8-15(11)19-10-13-5-3-12(9-18)4-6-13/h2-8,18H,9-10H2,1H3,(H2,17,20). The van der Waals surface area contributed by atoms with Crippen molar-refractivity contribution in [2.24, 2.45) is 5.73 Å². The Morgan fingerprint density at radius 2 is 1.80 bits per heavy atom. The minimum absolute atomic E-state index is 0.0518. The van der Waals surface area contributed by atoms with E-state index in [-0.39, 0.29) is 6.61 Å². The second kappa shape index (κ2) is 6.50. The molecule has 0 saturated carbocycles. The number of hydrogen-bond acceptors (Lipinski definition) is 3. The lowest BCUT2D eigenvalue weighted by Gasteiger charge is -2.11. The van der Waals surface area contributed by atoms with E-state index in [0.29, 0.717) is 11.6 Å². The van der Waals surface area contributed by atoms with Gasteiger partial charge in [-0.3, -0.25) is 0 Å². The number of thiocarbonyl (C=S) groups is 1. The molecule has 2 aromatic carbocycles. The van der Waals surface area contributed by atoms with Crippen molar-refractivity contribution in [2.75, 3.05) is 0 Å². The monoisotopic (exact) mass is 287 g/mol. The average Bonchev–Trinajstić information content (AvgIpc) is 2.46. The van der Waals surface area contributed by atoms with Crippen molar-refractivity contribution in [1.82, 2.24) is 0 Å². The molecule has 4 heteroatoms. The summed E-state index contributed by atoms with van der Waals surface area (Å²) in [5.74, 6) is 0.779. The van der Waals surface area contributed by atoms with E-state index in [1.165, 1.54) is 0 Å². The van der Waals surface area contributed by atoms with Crippen molar-refractivity contribution in [1.29, 1.82) is 0 Å². The number of ether oxygens (including phenoxy) is 1. The van der Waals surface area contributed by atoms with Gasteiger partial charge in [0.15, 0.2) is 0 Å². The van der Waals surface area contributed by atoms with E-state index >= 15 is 0 Å². The van der Waals surface area contributed by atoms with E-state index in [1.807, 2.05) is 49.4 Å². The molecule has 3 N–H and O–H groups in total. The first kappa shape index (κ1) is 14.5. The van der Waals surface area contributed by atoms with E-state index in [4.69, 9.17) is 27.8 Å². The zero-order valence-corrected chi connectivity index (χ0v) is 12.1.